The first-order valence-electron chi connectivity index (χ1n) is 11.7. The quantitative estimate of drug-likeness (QED) is 0.477. The van der Waals surface area contributed by atoms with E-state index in [1.54, 1.807) is 19.2 Å². The molecule has 7 heteroatoms. The zero-order valence-corrected chi connectivity index (χ0v) is 18.7. The van der Waals surface area contributed by atoms with Crippen LogP contribution in [0.15, 0.2) is 42.5 Å². The number of nitro benzene ring substituents is 1. The summed E-state index contributed by atoms with van der Waals surface area (Å²) in [6, 6.07) is 13.6. The summed E-state index contributed by atoms with van der Waals surface area (Å²) in [6.45, 7) is 1.48. The van der Waals surface area contributed by atoms with E-state index in [0.717, 1.165) is 67.6 Å². The van der Waals surface area contributed by atoms with E-state index in [9.17, 15) is 14.9 Å². The third kappa shape index (κ3) is 3.13. The van der Waals surface area contributed by atoms with Crippen molar-refractivity contribution in [2.75, 3.05) is 20.2 Å². The van der Waals surface area contributed by atoms with Crippen LogP contribution >= 0.6 is 0 Å². The second-order valence-electron chi connectivity index (χ2n) is 9.81. The van der Waals surface area contributed by atoms with Crippen LogP contribution in [0.4, 0.5) is 5.69 Å². The molecule has 3 aromatic rings. The van der Waals surface area contributed by atoms with Crippen molar-refractivity contribution in [1.82, 2.24) is 9.88 Å². The van der Waals surface area contributed by atoms with Crippen LogP contribution in [-0.2, 0) is 23.1 Å². The summed E-state index contributed by atoms with van der Waals surface area (Å²) in [4.78, 5) is 29.8. The van der Waals surface area contributed by atoms with E-state index in [0.29, 0.717) is 11.4 Å². The fourth-order valence-electron chi connectivity index (χ4n) is 6.18. The number of ether oxygens (including phenoxy) is 1. The molecule has 2 aliphatic carbocycles. The number of hydrogen-bond donors (Lipinski definition) is 1. The second kappa shape index (κ2) is 7.33. The fourth-order valence-corrected chi connectivity index (χ4v) is 6.18. The SMILES string of the molecule is COc1cccc([C@]23CCN(C(=O)C4CC4)CC2Cc2c([nH]c4c([N+](=O)[O-])cccc24)C3)c1. The number of non-ortho nitro benzene ring substituents is 1. The van der Waals surface area contributed by atoms with Crippen LogP contribution in [0, 0.1) is 22.0 Å². The number of likely N-dealkylation sites (tertiary alicyclic amines) is 1. The van der Waals surface area contributed by atoms with Crippen molar-refractivity contribution in [1.29, 1.82) is 0 Å². The topological polar surface area (TPSA) is 88.5 Å². The normalized spacial score (nSPS) is 24.3. The Morgan fingerprint density at radius 2 is 2.06 bits per heavy atom. The summed E-state index contributed by atoms with van der Waals surface area (Å²) in [5.41, 5.74) is 4.06. The number of H-pyrrole nitrogens is 1. The zero-order chi connectivity index (χ0) is 22.7. The number of aromatic nitrogens is 1. The van der Waals surface area contributed by atoms with Crippen LogP contribution in [0.3, 0.4) is 0 Å². The van der Waals surface area contributed by atoms with E-state index in [1.165, 1.54) is 5.56 Å². The average Bonchev–Trinajstić information content (AvgIpc) is 3.63. The minimum atomic E-state index is -0.314. The number of benzene rings is 2. The van der Waals surface area contributed by atoms with E-state index in [1.807, 2.05) is 18.2 Å². The first-order chi connectivity index (χ1) is 16.0. The highest BCUT2D eigenvalue weighted by molar-refractivity contribution is 5.92. The maximum Gasteiger partial charge on any atom is 0.293 e. The van der Waals surface area contributed by atoms with Gasteiger partial charge in [0.1, 0.15) is 11.3 Å². The third-order valence-corrected chi connectivity index (χ3v) is 8.08. The van der Waals surface area contributed by atoms with Gasteiger partial charge in [-0.2, -0.15) is 0 Å². The van der Waals surface area contributed by atoms with Gasteiger partial charge in [0.15, 0.2) is 0 Å². The van der Waals surface area contributed by atoms with E-state index in [4.69, 9.17) is 4.74 Å². The Balaban J connectivity index is 1.47. The van der Waals surface area contributed by atoms with Gasteiger partial charge in [-0.15, -0.1) is 0 Å². The van der Waals surface area contributed by atoms with Gasteiger partial charge in [-0.1, -0.05) is 24.3 Å². The molecule has 2 aromatic carbocycles. The minimum absolute atomic E-state index is 0.117. The molecule has 0 bridgehead atoms. The number of nitrogens with one attached hydrogen (secondary N) is 1. The van der Waals surface area contributed by atoms with Crippen LogP contribution < -0.4 is 4.74 Å². The van der Waals surface area contributed by atoms with E-state index in [2.05, 4.69) is 22.0 Å². The first kappa shape index (κ1) is 20.3. The number of piperidine rings is 1. The van der Waals surface area contributed by atoms with Gasteiger partial charge in [0.25, 0.3) is 5.69 Å². The summed E-state index contributed by atoms with van der Waals surface area (Å²) in [7, 11) is 1.68. The van der Waals surface area contributed by atoms with E-state index < -0.39 is 0 Å². The first-order valence-corrected chi connectivity index (χ1v) is 11.7. The Hall–Kier alpha value is -3.35. The number of para-hydroxylation sites is 1. The molecule has 33 heavy (non-hydrogen) atoms. The molecule has 0 radical (unpaired) electrons. The molecule has 1 unspecified atom stereocenters. The number of methoxy groups -OCH3 is 1. The van der Waals surface area contributed by atoms with Gasteiger partial charge in [0.05, 0.1) is 12.0 Å². The number of amides is 1. The standard InChI is InChI=1S/C26H27N3O4/c1-33-19-5-2-4-17(12-19)26-10-11-28(25(30)16-8-9-16)15-18(26)13-21-20-6-3-7-23(29(31)32)24(20)27-22(21)14-26/h2-7,12,16,18,27H,8-11,13-15H2,1H3/t18?,26-/m1/s1. The summed E-state index contributed by atoms with van der Waals surface area (Å²) in [5.74, 6) is 1.58. The average molecular weight is 446 g/mol. The third-order valence-electron chi connectivity index (χ3n) is 8.08. The number of carbonyl (C=O) groups is 1. The van der Waals surface area contributed by atoms with Gasteiger partial charge in [-0.25, -0.2) is 0 Å². The molecule has 7 nitrogen and oxygen atoms in total. The Labute approximate surface area is 191 Å². The molecule has 3 aliphatic rings. The highest BCUT2D eigenvalue weighted by Gasteiger charge is 2.50. The Bertz CT molecular complexity index is 1280. The molecule has 170 valence electrons. The lowest BCUT2D eigenvalue weighted by Gasteiger charge is -2.51. The molecule has 0 spiro atoms. The minimum Gasteiger partial charge on any atom is -0.497 e. The largest absolute Gasteiger partial charge is 0.497 e. The molecule has 6 rings (SSSR count). The molecule has 2 atom stereocenters. The monoisotopic (exact) mass is 445 g/mol. The molecule has 1 saturated carbocycles. The Morgan fingerprint density at radius 3 is 2.82 bits per heavy atom. The second-order valence-corrected chi connectivity index (χ2v) is 9.81. The molecule has 1 aliphatic heterocycles. The summed E-state index contributed by atoms with van der Waals surface area (Å²) in [5, 5.41) is 12.6. The van der Waals surface area contributed by atoms with Crippen LogP contribution in [0.1, 0.15) is 36.1 Å². The van der Waals surface area contributed by atoms with Crippen LogP contribution in [0.5, 0.6) is 5.75 Å². The number of carbonyl (C=O) groups excluding carboxylic acids is 1. The smallest absolute Gasteiger partial charge is 0.293 e. The Kier molecular flexibility index (Phi) is 4.50. The van der Waals surface area contributed by atoms with Gasteiger partial charge in [-0.05, 0) is 61.3 Å². The van der Waals surface area contributed by atoms with Gasteiger partial charge in [-0.3, -0.25) is 14.9 Å². The maximum absolute atomic E-state index is 12.9. The highest BCUT2D eigenvalue weighted by atomic mass is 16.6. The van der Waals surface area contributed by atoms with Gasteiger partial charge < -0.3 is 14.6 Å². The molecule has 1 saturated heterocycles. The van der Waals surface area contributed by atoms with Crippen molar-refractivity contribution in [3.05, 3.63) is 69.4 Å². The lowest BCUT2D eigenvalue weighted by Crippen LogP contribution is -2.55. The lowest BCUT2D eigenvalue weighted by atomic mass is 9.58. The number of fused-ring (bicyclic) bond motifs is 4. The molecular formula is C26H27N3O4. The van der Waals surface area contributed by atoms with Crippen molar-refractivity contribution >= 4 is 22.5 Å². The Morgan fingerprint density at radius 1 is 1.24 bits per heavy atom. The van der Waals surface area contributed by atoms with Crippen LogP contribution in [0.25, 0.3) is 10.9 Å². The highest BCUT2D eigenvalue weighted by Crippen LogP contribution is 2.50. The van der Waals surface area contributed by atoms with Crippen LogP contribution in [-0.4, -0.2) is 40.9 Å². The number of nitro groups is 1. The van der Waals surface area contributed by atoms with Crippen molar-refractivity contribution in [3.8, 4) is 5.75 Å². The van der Waals surface area contributed by atoms with Crippen molar-refractivity contribution in [2.45, 2.75) is 37.5 Å². The van der Waals surface area contributed by atoms with Gasteiger partial charge in [0.2, 0.25) is 5.91 Å². The molecular weight excluding hydrogens is 418 g/mol. The number of hydrogen-bond acceptors (Lipinski definition) is 4. The fraction of sp³-hybridized carbons (Fsp3) is 0.423. The molecule has 2 fully saturated rings. The number of aromatic amines is 1. The van der Waals surface area contributed by atoms with Crippen molar-refractivity contribution < 1.29 is 14.5 Å². The molecule has 1 aromatic heterocycles. The van der Waals surface area contributed by atoms with Crippen LogP contribution in [0.2, 0.25) is 0 Å². The lowest BCUT2D eigenvalue weighted by molar-refractivity contribution is -0.383. The summed E-state index contributed by atoms with van der Waals surface area (Å²) < 4.78 is 5.53. The molecule has 1 amide bonds. The van der Waals surface area contributed by atoms with E-state index >= 15 is 0 Å². The maximum atomic E-state index is 12.9. The van der Waals surface area contributed by atoms with Gasteiger partial charge in [0, 0.05) is 41.6 Å². The van der Waals surface area contributed by atoms with E-state index in [-0.39, 0.29) is 27.9 Å². The van der Waals surface area contributed by atoms with Crippen molar-refractivity contribution in [3.63, 3.8) is 0 Å². The number of nitrogens with zero attached hydrogens (tertiary/aromatic N) is 2. The van der Waals surface area contributed by atoms with Gasteiger partial charge >= 0.3 is 0 Å². The summed E-state index contributed by atoms with van der Waals surface area (Å²) >= 11 is 0. The number of rotatable bonds is 4. The predicted molar refractivity (Wildman–Crippen MR) is 124 cm³/mol. The summed E-state index contributed by atoms with van der Waals surface area (Å²) in [6.07, 6.45) is 4.47. The molecule has 1 N–H and O–H groups in total. The van der Waals surface area contributed by atoms with Crippen molar-refractivity contribution in [2.24, 2.45) is 11.8 Å². The zero-order valence-electron chi connectivity index (χ0n) is 18.7. The molecule has 2 heterocycles. The predicted octanol–water partition coefficient (Wildman–Crippen LogP) is 4.38.